The molecule has 100 valence electrons. The van der Waals surface area contributed by atoms with Gasteiger partial charge in [0.2, 0.25) is 5.75 Å². The molecule has 5 heteroatoms. The number of aromatic hydroxyl groups is 2. The van der Waals surface area contributed by atoms with Gasteiger partial charge in [-0.15, -0.1) is 0 Å². The van der Waals surface area contributed by atoms with Crippen molar-refractivity contribution >= 4 is 5.69 Å². The monoisotopic (exact) mass is 253 g/mol. The number of benzene rings is 1. The summed E-state index contributed by atoms with van der Waals surface area (Å²) in [6, 6.07) is 2.80. The molecule has 0 fully saturated rings. The van der Waals surface area contributed by atoms with Crippen molar-refractivity contribution in [1.29, 1.82) is 0 Å². The third-order valence-electron chi connectivity index (χ3n) is 2.95. The second-order valence-corrected chi connectivity index (χ2v) is 4.36. The Kier molecular flexibility index (Phi) is 5.42. The molecule has 0 aliphatic rings. The second-order valence-electron chi connectivity index (χ2n) is 4.36. The van der Waals surface area contributed by atoms with Crippen molar-refractivity contribution in [3.05, 3.63) is 27.8 Å². The average Bonchev–Trinajstić information content (AvgIpc) is 2.33. The molecular weight excluding hydrogens is 234 g/mol. The van der Waals surface area contributed by atoms with Crippen LogP contribution in [-0.4, -0.2) is 15.1 Å². The molecule has 0 saturated carbocycles. The Balaban J connectivity index is 2.70. The summed E-state index contributed by atoms with van der Waals surface area (Å²) in [5, 5.41) is 29.6. The average molecular weight is 253 g/mol. The molecule has 18 heavy (non-hydrogen) atoms. The van der Waals surface area contributed by atoms with Crippen LogP contribution in [0.25, 0.3) is 0 Å². The van der Waals surface area contributed by atoms with Gasteiger partial charge < -0.3 is 10.2 Å². The number of unbranched alkanes of at least 4 members (excludes halogenated alkanes) is 4. The van der Waals surface area contributed by atoms with Crippen LogP contribution in [0.15, 0.2) is 12.1 Å². The fourth-order valence-corrected chi connectivity index (χ4v) is 1.94. The summed E-state index contributed by atoms with van der Waals surface area (Å²) in [5.41, 5.74) is 0.109. The third kappa shape index (κ3) is 3.61. The molecule has 0 unspecified atom stereocenters. The number of nitro benzene ring substituents is 1. The Labute approximate surface area is 106 Å². The molecule has 5 nitrogen and oxygen atoms in total. The number of hydrogen-bond donors (Lipinski definition) is 2. The predicted octanol–water partition coefficient (Wildman–Crippen LogP) is 3.52. The summed E-state index contributed by atoms with van der Waals surface area (Å²) in [6.45, 7) is 2.13. The smallest absolute Gasteiger partial charge is 0.317 e. The van der Waals surface area contributed by atoms with Gasteiger partial charge in [-0.05, 0) is 25.0 Å². The number of phenols is 2. The van der Waals surface area contributed by atoms with Gasteiger partial charge in [-0.3, -0.25) is 10.1 Å². The Morgan fingerprint density at radius 3 is 2.44 bits per heavy atom. The van der Waals surface area contributed by atoms with Gasteiger partial charge in [-0.2, -0.15) is 0 Å². The van der Waals surface area contributed by atoms with E-state index < -0.39 is 16.4 Å². The molecule has 0 bridgehead atoms. The minimum atomic E-state index is -0.642. The number of nitro groups is 1. The number of rotatable bonds is 7. The fourth-order valence-electron chi connectivity index (χ4n) is 1.94. The minimum Gasteiger partial charge on any atom is -0.504 e. The van der Waals surface area contributed by atoms with Gasteiger partial charge in [0.25, 0.3) is 0 Å². The third-order valence-corrected chi connectivity index (χ3v) is 2.95. The first-order chi connectivity index (χ1) is 8.57. The van der Waals surface area contributed by atoms with Crippen molar-refractivity contribution in [1.82, 2.24) is 0 Å². The van der Waals surface area contributed by atoms with Gasteiger partial charge in [-0.25, -0.2) is 0 Å². The first-order valence-electron chi connectivity index (χ1n) is 6.26. The molecule has 0 radical (unpaired) electrons. The highest BCUT2D eigenvalue weighted by Gasteiger charge is 2.22. The lowest BCUT2D eigenvalue weighted by Crippen LogP contribution is -1.96. The van der Waals surface area contributed by atoms with Crippen molar-refractivity contribution < 1.29 is 15.1 Å². The van der Waals surface area contributed by atoms with Crippen LogP contribution in [0.3, 0.4) is 0 Å². The normalized spacial score (nSPS) is 10.5. The molecule has 1 aromatic rings. The molecule has 0 atom stereocenters. The Hall–Kier alpha value is -1.78. The van der Waals surface area contributed by atoms with Crippen LogP contribution in [0.5, 0.6) is 11.5 Å². The van der Waals surface area contributed by atoms with Crippen LogP contribution in [-0.2, 0) is 6.42 Å². The summed E-state index contributed by atoms with van der Waals surface area (Å²) in [5.74, 6) is -1.08. The van der Waals surface area contributed by atoms with Gasteiger partial charge in [0.15, 0.2) is 5.75 Å². The second kappa shape index (κ2) is 6.83. The van der Waals surface area contributed by atoms with Crippen LogP contribution in [0.1, 0.15) is 44.6 Å². The van der Waals surface area contributed by atoms with E-state index in [0.717, 1.165) is 25.7 Å². The molecule has 0 aromatic heterocycles. The highest BCUT2D eigenvalue weighted by Crippen LogP contribution is 2.38. The molecular formula is C13H19NO4. The van der Waals surface area contributed by atoms with E-state index in [-0.39, 0.29) is 5.69 Å². The lowest BCUT2D eigenvalue weighted by atomic mass is 10.0. The molecule has 1 aromatic carbocycles. The molecule has 1 rings (SSSR count). The summed E-state index contributed by atoms with van der Waals surface area (Å²) in [7, 11) is 0. The summed E-state index contributed by atoms with van der Waals surface area (Å²) in [4.78, 5) is 10.2. The van der Waals surface area contributed by atoms with Crippen LogP contribution < -0.4 is 0 Å². The predicted molar refractivity (Wildman–Crippen MR) is 68.9 cm³/mol. The molecule has 0 heterocycles. The van der Waals surface area contributed by atoms with E-state index >= 15 is 0 Å². The van der Waals surface area contributed by atoms with E-state index in [1.807, 2.05) is 0 Å². The SMILES string of the molecule is CCCCCCCc1ccc(O)c(O)c1[N+](=O)[O-]. The Morgan fingerprint density at radius 1 is 1.17 bits per heavy atom. The highest BCUT2D eigenvalue weighted by molar-refractivity contribution is 5.59. The first-order valence-corrected chi connectivity index (χ1v) is 6.26. The van der Waals surface area contributed by atoms with E-state index in [1.165, 1.54) is 18.6 Å². The standard InChI is InChI=1S/C13H19NO4/c1-2-3-4-5-6-7-10-8-9-11(15)13(16)12(10)14(17)18/h8-9,15-16H,2-7H2,1H3. The van der Waals surface area contributed by atoms with Gasteiger partial charge in [0.05, 0.1) is 4.92 Å². The van der Waals surface area contributed by atoms with Gasteiger partial charge in [-0.1, -0.05) is 32.6 Å². The van der Waals surface area contributed by atoms with E-state index in [4.69, 9.17) is 0 Å². The lowest BCUT2D eigenvalue weighted by molar-refractivity contribution is -0.386. The topological polar surface area (TPSA) is 83.6 Å². The zero-order chi connectivity index (χ0) is 13.5. The molecule has 2 N–H and O–H groups in total. The van der Waals surface area contributed by atoms with Crippen molar-refractivity contribution in [3.63, 3.8) is 0 Å². The molecule has 0 spiro atoms. The maximum atomic E-state index is 10.9. The molecule has 0 amide bonds. The van der Waals surface area contributed by atoms with Crippen LogP contribution in [0.2, 0.25) is 0 Å². The number of phenolic OH excluding ortho intramolecular Hbond substituents is 2. The van der Waals surface area contributed by atoms with Crippen LogP contribution in [0, 0.1) is 10.1 Å². The fraction of sp³-hybridized carbons (Fsp3) is 0.538. The minimum absolute atomic E-state index is 0.370. The van der Waals surface area contributed by atoms with E-state index in [1.54, 1.807) is 0 Å². The molecule has 0 saturated heterocycles. The zero-order valence-corrected chi connectivity index (χ0v) is 10.6. The van der Waals surface area contributed by atoms with Crippen molar-refractivity contribution in [2.75, 3.05) is 0 Å². The zero-order valence-electron chi connectivity index (χ0n) is 10.6. The van der Waals surface area contributed by atoms with Crippen molar-refractivity contribution in [2.24, 2.45) is 0 Å². The molecule has 0 aliphatic carbocycles. The lowest BCUT2D eigenvalue weighted by Gasteiger charge is -2.05. The maximum Gasteiger partial charge on any atom is 0.317 e. The van der Waals surface area contributed by atoms with Gasteiger partial charge >= 0.3 is 5.69 Å². The van der Waals surface area contributed by atoms with Crippen LogP contribution in [0.4, 0.5) is 5.69 Å². The van der Waals surface area contributed by atoms with Crippen molar-refractivity contribution in [3.8, 4) is 11.5 Å². The van der Waals surface area contributed by atoms with E-state index in [0.29, 0.717) is 12.0 Å². The van der Waals surface area contributed by atoms with Crippen molar-refractivity contribution in [2.45, 2.75) is 45.4 Å². The van der Waals surface area contributed by atoms with Crippen LogP contribution >= 0.6 is 0 Å². The number of hydrogen-bond acceptors (Lipinski definition) is 4. The Bertz CT molecular complexity index is 418. The van der Waals surface area contributed by atoms with E-state index in [9.17, 15) is 20.3 Å². The van der Waals surface area contributed by atoms with E-state index in [2.05, 4.69) is 6.92 Å². The number of nitrogens with zero attached hydrogens (tertiary/aromatic N) is 1. The largest absolute Gasteiger partial charge is 0.504 e. The summed E-state index contributed by atoms with van der Waals surface area (Å²) >= 11 is 0. The summed E-state index contributed by atoms with van der Waals surface area (Å²) < 4.78 is 0. The summed E-state index contributed by atoms with van der Waals surface area (Å²) in [6.07, 6.45) is 5.86. The van der Waals surface area contributed by atoms with Gasteiger partial charge in [0.1, 0.15) is 0 Å². The van der Waals surface area contributed by atoms with Gasteiger partial charge in [0, 0.05) is 5.56 Å². The molecule has 0 aliphatic heterocycles. The maximum absolute atomic E-state index is 10.9. The highest BCUT2D eigenvalue weighted by atomic mass is 16.6. The Morgan fingerprint density at radius 2 is 1.83 bits per heavy atom. The number of aryl methyl sites for hydroxylation is 1. The first kappa shape index (κ1) is 14.3. The quantitative estimate of drug-likeness (QED) is 0.337.